The summed E-state index contributed by atoms with van der Waals surface area (Å²) < 4.78 is 1.60. The van der Waals surface area contributed by atoms with Gasteiger partial charge in [0.25, 0.3) is 5.56 Å². The Labute approximate surface area is 202 Å². The van der Waals surface area contributed by atoms with E-state index in [-0.39, 0.29) is 17.2 Å². The summed E-state index contributed by atoms with van der Waals surface area (Å²) in [5.74, 6) is -0.00843. The van der Waals surface area contributed by atoms with E-state index in [1.54, 1.807) is 22.1 Å². The number of aromatic nitrogens is 3. The van der Waals surface area contributed by atoms with Crippen molar-refractivity contribution >= 4 is 50.6 Å². The van der Waals surface area contributed by atoms with E-state index in [2.05, 4.69) is 10.3 Å². The molecule has 0 fully saturated rings. The number of rotatable bonds is 7. The minimum atomic E-state index is -0.148. The number of carbonyl (C=O) groups is 1. The number of fused-ring (bicyclic) bond motifs is 1. The van der Waals surface area contributed by atoms with Crippen LogP contribution in [0, 0.1) is 0 Å². The van der Waals surface area contributed by atoms with Gasteiger partial charge in [0.05, 0.1) is 29.1 Å². The van der Waals surface area contributed by atoms with Gasteiger partial charge >= 0.3 is 0 Å². The minimum absolute atomic E-state index is 0.132. The van der Waals surface area contributed by atoms with Crippen LogP contribution in [0.15, 0.2) is 87.6 Å². The molecule has 0 bridgehead atoms. The van der Waals surface area contributed by atoms with Gasteiger partial charge in [-0.2, -0.15) is 0 Å². The van der Waals surface area contributed by atoms with Gasteiger partial charge in [0.1, 0.15) is 4.83 Å². The smallest absolute Gasteiger partial charge is 0.268 e. The topological polar surface area (TPSA) is 76.9 Å². The van der Waals surface area contributed by atoms with Crippen LogP contribution >= 0.6 is 34.4 Å². The number of hydrogen-bond acceptors (Lipinski definition) is 7. The van der Waals surface area contributed by atoms with Gasteiger partial charge in [-0.15, -0.1) is 22.7 Å². The van der Waals surface area contributed by atoms with Crippen molar-refractivity contribution in [1.82, 2.24) is 19.9 Å². The van der Waals surface area contributed by atoms with Crippen LogP contribution in [-0.2, 0) is 11.3 Å². The Kier molecular flexibility index (Phi) is 6.34. The molecule has 0 unspecified atom stereocenters. The number of para-hydroxylation sites is 1. The molecule has 0 aliphatic heterocycles. The number of nitrogens with zero attached hydrogens (tertiary/aromatic N) is 3. The molecule has 5 rings (SSSR count). The molecule has 0 atom stereocenters. The predicted octanol–water partition coefficient (Wildman–Crippen LogP) is 4.98. The van der Waals surface area contributed by atoms with E-state index >= 15 is 0 Å². The molecule has 0 radical (unpaired) electrons. The zero-order valence-corrected chi connectivity index (χ0v) is 19.8. The normalized spacial score (nSPS) is 11.0. The fourth-order valence-corrected chi connectivity index (χ4v) is 6.01. The zero-order chi connectivity index (χ0) is 22.6. The summed E-state index contributed by atoms with van der Waals surface area (Å²) >= 11 is 4.29. The molecule has 33 heavy (non-hydrogen) atoms. The first-order chi connectivity index (χ1) is 16.2. The van der Waals surface area contributed by atoms with Gasteiger partial charge in [-0.25, -0.2) is 4.98 Å². The van der Waals surface area contributed by atoms with Gasteiger partial charge in [0, 0.05) is 22.0 Å². The molecular formula is C24H18N4O2S3. The second kappa shape index (κ2) is 9.70. The maximum Gasteiger partial charge on any atom is 0.268 e. The first-order valence-corrected chi connectivity index (χ1v) is 12.9. The van der Waals surface area contributed by atoms with Crippen LogP contribution in [0.2, 0.25) is 0 Å². The molecule has 9 heteroatoms. The Balaban J connectivity index is 1.47. The number of pyridine rings is 1. The second-order valence-electron chi connectivity index (χ2n) is 7.06. The van der Waals surface area contributed by atoms with Crippen LogP contribution in [-0.4, -0.2) is 26.2 Å². The van der Waals surface area contributed by atoms with E-state index in [1.165, 1.54) is 23.1 Å². The lowest BCUT2D eigenvalue weighted by molar-refractivity contribution is -0.118. The zero-order valence-electron chi connectivity index (χ0n) is 17.3. The summed E-state index contributed by atoms with van der Waals surface area (Å²) in [6.07, 6.45) is 1.69. The maximum atomic E-state index is 13.7. The Morgan fingerprint density at radius 2 is 1.88 bits per heavy atom. The minimum Gasteiger partial charge on any atom is -0.350 e. The highest BCUT2D eigenvalue weighted by Crippen LogP contribution is 2.35. The fourth-order valence-electron chi connectivity index (χ4n) is 3.36. The third-order valence-corrected chi connectivity index (χ3v) is 7.62. The Morgan fingerprint density at radius 1 is 1.03 bits per heavy atom. The average molecular weight is 491 g/mol. The van der Waals surface area contributed by atoms with Crippen LogP contribution in [0.5, 0.6) is 0 Å². The highest BCUT2D eigenvalue weighted by atomic mass is 32.2. The molecule has 1 N–H and O–H groups in total. The highest BCUT2D eigenvalue weighted by Gasteiger charge is 2.19. The third kappa shape index (κ3) is 4.61. The Hall–Kier alpha value is -3.27. The molecule has 0 saturated heterocycles. The molecular weight excluding hydrogens is 472 g/mol. The van der Waals surface area contributed by atoms with Crippen LogP contribution in [0.3, 0.4) is 0 Å². The quantitative estimate of drug-likeness (QED) is 0.257. The monoisotopic (exact) mass is 490 g/mol. The van der Waals surface area contributed by atoms with Gasteiger partial charge in [0.15, 0.2) is 5.16 Å². The van der Waals surface area contributed by atoms with E-state index in [0.29, 0.717) is 21.9 Å². The number of thioether (sulfide) groups is 1. The number of carbonyl (C=O) groups excluding carboxylic acids is 1. The first-order valence-electron chi connectivity index (χ1n) is 10.1. The van der Waals surface area contributed by atoms with Gasteiger partial charge in [-0.05, 0) is 35.7 Å². The van der Waals surface area contributed by atoms with Crippen molar-refractivity contribution in [2.75, 3.05) is 5.75 Å². The lowest BCUT2D eigenvalue weighted by Crippen LogP contribution is -2.26. The van der Waals surface area contributed by atoms with E-state index in [9.17, 15) is 9.59 Å². The van der Waals surface area contributed by atoms with Gasteiger partial charge in [0.2, 0.25) is 5.91 Å². The molecule has 4 heterocycles. The number of hydrogen-bond donors (Lipinski definition) is 1. The van der Waals surface area contributed by atoms with Crippen molar-refractivity contribution in [3.63, 3.8) is 0 Å². The Morgan fingerprint density at radius 3 is 2.64 bits per heavy atom. The number of thiophene rings is 2. The summed E-state index contributed by atoms with van der Waals surface area (Å²) in [7, 11) is 0. The van der Waals surface area contributed by atoms with Crippen LogP contribution in [0.4, 0.5) is 0 Å². The van der Waals surface area contributed by atoms with Gasteiger partial charge in [-0.1, -0.05) is 42.1 Å². The number of nitrogens with one attached hydrogen (secondary N) is 1. The molecule has 0 spiro atoms. The van der Waals surface area contributed by atoms with E-state index in [4.69, 9.17) is 4.98 Å². The van der Waals surface area contributed by atoms with Crippen LogP contribution in [0.1, 0.15) is 5.69 Å². The van der Waals surface area contributed by atoms with Crippen molar-refractivity contribution in [3.05, 3.63) is 93.7 Å². The van der Waals surface area contributed by atoms with Crippen LogP contribution < -0.4 is 10.9 Å². The molecule has 6 nitrogen and oxygen atoms in total. The summed E-state index contributed by atoms with van der Waals surface area (Å²) in [4.78, 5) is 36.9. The van der Waals surface area contributed by atoms with Crippen molar-refractivity contribution in [3.8, 4) is 16.1 Å². The van der Waals surface area contributed by atoms with E-state index < -0.39 is 0 Å². The molecule has 4 aromatic heterocycles. The van der Waals surface area contributed by atoms with Crippen molar-refractivity contribution in [2.24, 2.45) is 0 Å². The molecule has 0 aliphatic rings. The average Bonchev–Trinajstić information content (AvgIpc) is 3.53. The van der Waals surface area contributed by atoms with E-state index in [0.717, 1.165) is 21.8 Å². The second-order valence-corrected chi connectivity index (χ2v) is 9.81. The van der Waals surface area contributed by atoms with Gasteiger partial charge in [-0.3, -0.25) is 19.1 Å². The molecule has 5 aromatic rings. The summed E-state index contributed by atoms with van der Waals surface area (Å²) in [5.41, 5.74) is 2.27. The van der Waals surface area contributed by atoms with E-state index in [1.807, 2.05) is 71.4 Å². The first kappa shape index (κ1) is 21.6. The predicted molar refractivity (Wildman–Crippen MR) is 135 cm³/mol. The fraction of sp³-hybridized carbons (Fsp3) is 0.0833. The maximum absolute atomic E-state index is 13.7. The summed E-state index contributed by atoms with van der Waals surface area (Å²) in [6, 6.07) is 19.0. The molecule has 0 aliphatic carbocycles. The number of amides is 1. The molecule has 1 aromatic carbocycles. The lowest BCUT2D eigenvalue weighted by atomic mass is 10.2. The van der Waals surface area contributed by atoms with Crippen molar-refractivity contribution in [2.45, 2.75) is 11.7 Å². The van der Waals surface area contributed by atoms with Crippen molar-refractivity contribution < 1.29 is 4.79 Å². The largest absolute Gasteiger partial charge is 0.350 e. The van der Waals surface area contributed by atoms with Crippen LogP contribution in [0.25, 0.3) is 26.3 Å². The molecule has 0 saturated carbocycles. The third-order valence-electron chi connectivity index (χ3n) is 4.90. The SMILES string of the molecule is O=C(CSc1nc2scc(-c3cccs3)c2c(=O)n1-c1ccccc1)NCc1ccccn1. The standard InChI is InChI=1S/C24H18N4O2S3/c29-20(26-13-16-7-4-5-11-25-16)15-33-24-27-22-21(18(14-32-22)19-10-6-12-31-19)23(30)28(24)17-8-2-1-3-9-17/h1-12,14H,13,15H2,(H,26,29). The summed E-state index contributed by atoms with van der Waals surface area (Å²) in [5, 5.41) is 7.94. The van der Waals surface area contributed by atoms with Crippen molar-refractivity contribution in [1.29, 1.82) is 0 Å². The Bertz CT molecular complexity index is 1450. The lowest BCUT2D eigenvalue weighted by Gasteiger charge is -2.12. The number of benzene rings is 1. The molecule has 1 amide bonds. The molecule has 164 valence electrons. The van der Waals surface area contributed by atoms with Gasteiger partial charge < -0.3 is 5.32 Å². The highest BCUT2D eigenvalue weighted by molar-refractivity contribution is 7.99. The summed E-state index contributed by atoms with van der Waals surface area (Å²) in [6.45, 7) is 0.354.